The van der Waals surface area contributed by atoms with E-state index < -0.39 is 41.8 Å². The Morgan fingerprint density at radius 1 is 1.08 bits per heavy atom. The van der Waals surface area contributed by atoms with Gasteiger partial charge in [0.25, 0.3) is 5.92 Å². The molecular weight excluding hydrogens is 512 g/mol. The van der Waals surface area contributed by atoms with E-state index in [1.165, 1.54) is 12.1 Å². The van der Waals surface area contributed by atoms with Crippen molar-refractivity contribution in [3.05, 3.63) is 64.8 Å². The number of aromatic nitrogens is 1. The van der Waals surface area contributed by atoms with E-state index >= 15 is 0 Å². The average Bonchev–Trinajstić information content (AvgIpc) is 3.28. The summed E-state index contributed by atoms with van der Waals surface area (Å²) in [5.74, 6) is -8.98. The fraction of sp³-hybridized carbons (Fsp3) is 0.280. The maximum absolute atomic E-state index is 13.9. The molecule has 1 heterocycles. The minimum atomic E-state index is -3.47. The molecule has 2 amide bonds. The van der Waals surface area contributed by atoms with Gasteiger partial charge in [-0.1, -0.05) is 35.0 Å². The molecule has 0 bridgehead atoms. The maximum Gasteiger partial charge on any atom is 0.412 e. The highest BCUT2D eigenvalue weighted by Gasteiger charge is 2.76. The van der Waals surface area contributed by atoms with Crippen LogP contribution in [0.1, 0.15) is 24.3 Å². The van der Waals surface area contributed by atoms with Gasteiger partial charge in [-0.2, -0.15) is 0 Å². The van der Waals surface area contributed by atoms with E-state index in [0.717, 1.165) is 7.11 Å². The number of esters is 1. The number of hydrogen-bond donors (Lipinski definition) is 2. The topological polar surface area (TPSA) is 120 Å². The molecule has 0 radical (unpaired) electrons. The zero-order valence-electron chi connectivity index (χ0n) is 19.9. The van der Waals surface area contributed by atoms with Gasteiger partial charge in [0, 0.05) is 21.8 Å². The second-order valence-electron chi connectivity index (χ2n) is 8.39. The van der Waals surface area contributed by atoms with Gasteiger partial charge in [0.1, 0.15) is 29.3 Å². The molecule has 2 N–H and O–H groups in total. The molecule has 1 fully saturated rings. The predicted molar refractivity (Wildman–Crippen MR) is 129 cm³/mol. The second kappa shape index (κ2) is 10.2. The number of benzene rings is 2. The monoisotopic (exact) mass is 533 g/mol. The predicted octanol–water partition coefficient (Wildman–Crippen LogP) is 5.61. The van der Waals surface area contributed by atoms with Gasteiger partial charge in [-0.25, -0.2) is 13.6 Å². The Balaban J connectivity index is 1.43. The molecule has 0 aliphatic heterocycles. The van der Waals surface area contributed by atoms with Crippen LogP contribution in [0, 0.1) is 18.8 Å². The molecule has 1 saturated carbocycles. The summed E-state index contributed by atoms with van der Waals surface area (Å²) in [5.41, 5.74) is 2.00. The molecule has 194 valence electrons. The standard InChI is InChI=1S/C25H22ClF2N3O6/c1-12-20(30-24(34)36-13(2)16-6-4-5-7-17(16)26)21(37-31-12)14-8-10-15(11-9-14)29-22(32)18-19(23(33)35-3)25(18,27)28/h4-11,13,18-19H,1-3H3,(H,29,32)(H,30,34)/t13-,18?,19?/m1/s1. The summed E-state index contributed by atoms with van der Waals surface area (Å²) in [6.45, 7) is 3.31. The zero-order valence-corrected chi connectivity index (χ0v) is 20.6. The zero-order chi connectivity index (χ0) is 26.9. The summed E-state index contributed by atoms with van der Waals surface area (Å²) in [4.78, 5) is 36.3. The number of hydrogen-bond acceptors (Lipinski definition) is 7. The number of amides is 2. The lowest BCUT2D eigenvalue weighted by Crippen LogP contribution is -2.18. The van der Waals surface area contributed by atoms with Gasteiger partial charge in [0.2, 0.25) is 5.91 Å². The van der Waals surface area contributed by atoms with Gasteiger partial charge in [-0.05, 0) is 44.2 Å². The Hall–Kier alpha value is -3.99. The maximum atomic E-state index is 13.9. The number of alkyl halides is 2. The van der Waals surface area contributed by atoms with E-state index in [2.05, 4.69) is 20.5 Å². The number of carbonyl (C=O) groups excluding carboxylic acids is 3. The van der Waals surface area contributed by atoms with Gasteiger partial charge < -0.3 is 19.3 Å². The molecule has 1 aliphatic carbocycles. The molecule has 9 nitrogen and oxygen atoms in total. The molecule has 2 aromatic carbocycles. The molecule has 1 aromatic heterocycles. The molecule has 3 atom stereocenters. The van der Waals surface area contributed by atoms with Crippen molar-refractivity contribution in [1.82, 2.24) is 5.16 Å². The first-order valence-electron chi connectivity index (χ1n) is 11.1. The summed E-state index contributed by atoms with van der Waals surface area (Å²) >= 11 is 6.16. The summed E-state index contributed by atoms with van der Waals surface area (Å²) in [6, 6.07) is 13.0. The van der Waals surface area contributed by atoms with E-state index in [9.17, 15) is 23.2 Å². The van der Waals surface area contributed by atoms with Crippen LogP contribution in [0.15, 0.2) is 53.1 Å². The Morgan fingerprint density at radius 3 is 2.41 bits per heavy atom. The number of rotatable bonds is 7. The van der Waals surface area contributed by atoms with Crippen LogP contribution in [0.25, 0.3) is 11.3 Å². The fourth-order valence-corrected chi connectivity index (χ4v) is 4.16. The minimum Gasteiger partial charge on any atom is -0.469 e. The lowest BCUT2D eigenvalue weighted by Gasteiger charge is -2.15. The molecule has 2 unspecified atom stereocenters. The van der Waals surface area contributed by atoms with Crippen LogP contribution in [0.2, 0.25) is 5.02 Å². The Bertz CT molecular complexity index is 1340. The summed E-state index contributed by atoms with van der Waals surface area (Å²) in [6.07, 6.45) is -1.38. The number of anilines is 2. The smallest absolute Gasteiger partial charge is 0.412 e. The quantitative estimate of drug-likeness (QED) is 0.379. The van der Waals surface area contributed by atoms with Crippen LogP contribution in [-0.4, -0.2) is 36.2 Å². The first-order valence-corrected chi connectivity index (χ1v) is 11.5. The molecule has 3 aromatic rings. The highest BCUT2D eigenvalue weighted by atomic mass is 35.5. The molecule has 37 heavy (non-hydrogen) atoms. The van der Waals surface area contributed by atoms with Gasteiger partial charge in [0.05, 0.1) is 7.11 Å². The number of aryl methyl sites for hydroxylation is 1. The lowest BCUT2D eigenvalue weighted by molar-refractivity contribution is -0.144. The summed E-state index contributed by atoms with van der Waals surface area (Å²) in [7, 11) is 0.984. The summed E-state index contributed by atoms with van der Waals surface area (Å²) < 4.78 is 42.8. The minimum absolute atomic E-state index is 0.220. The van der Waals surface area contributed by atoms with Crippen molar-refractivity contribution >= 4 is 40.9 Å². The number of carbonyl (C=O) groups is 3. The number of halogens is 3. The van der Waals surface area contributed by atoms with Crippen LogP contribution in [0.3, 0.4) is 0 Å². The van der Waals surface area contributed by atoms with Gasteiger partial charge in [-0.3, -0.25) is 14.9 Å². The number of ether oxygens (including phenoxy) is 2. The van der Waals surface area contributed by atoms with Crippen molar-refractivity contribution in [2.24, 2.45) is 11.8 Å². The van der Waals surface area contributed by atoms with Crippen LogP contribution in [-0.2, 0) is 19.1 Å². The van der Waals surface area contributed by atoms with Gasteiger partial charge in [-0.15, -0.1) is 0 Å². The highest BCUT2D eigenvalue weighted by molar-refractivity contribution is 6.31. The molecule has 1 aliphatic rings. The fourth-order valence-electron chi connectivity index (χ4n) is 3.87. The van der Waals surface area contributed by atoms with Crippen molar-refractivity contribution in [1.29, 1.82) is 0 Å². The molecule has 0 spiro atoms. The van der Waals surface area contributed by atoms with E-state index in [-0.39, 0.29) is 17.1 Å². The summed E-state index contributed by atoms with van der Waals surface area (Å²) in [5, 5.41) is 9.33. The van der Waals surface area contributed by atoms with Crippen LogP contribution >= 0.6 is 11.6 Å². The number of methoxy groups -OCH3 is 1. The largest absolute Gasteiger partial charge is 0.469 e. The normalized spacial score (nSPS) is 18.4. The molecular formula is C25H22ClF2N3O6. The van der Waals surface area contributed by atoms with Crippen molar-refractivity contribution in [2.75, 3.05) is 17.7 Å². The van der Waals surface area contributed by atoms with Crippen molar-refractivity contribution < 1.29 is 37.2 Å². The third kappa shape index (κ3) is 5.26. The number of nitrogens with zero attached hydrogens (tertiary/aromatic N) is 1. The third-order valence-corrected chi connectivity index (χ3v) is 6.27. The van der Waals surface area contributed by atoms with E-state index in [4.69, 9.17) is 20.9 Å². The second-order valence-corrected chi connectivity index (χ2v) is 8.79. The number of nitrogens with one attached hydrogen (secondary N) is 2. The van der Waals surface area contributed by atoms with E-state index in [0.29, 0.717) is 21.8 Å². The SMILES string of the molecule is COC(=O)C1C(C(=O)Nc2ccc(-c3onc(C)c3NC(=O)O[C@H](C)c3ccccc3Cl)cc2)C1(F)F. The average molecular weight is 534 g/mol. The third-order valence-electron chi connectivity index (χ3n) is 5.92. The van der Waals surface area contributed by atoms with Gasteiger partial charge >= 0.3 is 12.1 Å². The van der Waals surface area contributed by atoms with Crippen molar-refractivity contribution in [3.63, 3.8) is 0 Å². The highest BCUT2D eigenvalue weighted by Crippen LogP contribution is 2.56. The van der Waals surface area contributed by atoms with Crippen LogP contribution in [0.4, 0.5) is 25.0 Å². The molecule has 4 rings (SSSR count). The lowest BCUT2D eigenvalue weighted by atomic mass is 10.1. The van der Waals surface area contributed by atoms with E-state index in [1.54, 1.807) is 50.2 Å². The first kappa shape index (κ1) is 26.1. The first-order chi connectivity index (χ1) is 17.5. The Kier molecular flexibility index (Phi) is 7.17. The van der Waals surface area contributed by atoms with Crippen molar-refractivity contribution in [3.8, 4) is 11.3 Å². The van der Waals surface area contributed by atoms with E-state index in [1.807, 2.05) is 0 Å². The molecule has 12 heteroatoms. The molecule has 0 saturated heterocycles. The van der Waals surface area contributed by atoms with Crippen LogP contribution in [0.5, 0.6) is 0 Å². The van der Waals surface area contributed by atoms with Crippen LogP contribution < -0.4 is 10.6 Å². The van der Waals surface area contributed by atoms with Crippen molar-refractivity contribution in [2.45, 2.75) is 25.9 Å². The Morgan fingerprint density at radius 2 is 1.76 bits per heavy atom. The Labute approximate surface area is 215 Å². The van der Waals surface area contributed by atoms with Gasteiger partial charge in [0.15, 0.2) is 5.76 Å².